The van der Waals surface area contributed by atoms with Crippen LogP contribution >= 0.6 is 0 Å². The molecule has 1 aromatic rings. The summed E-state index contributed by atoms with van der Waals surface area (Å²) in [5.41, 5.74) is 2.02. The van der Waals surface area contributed by atoms with Crippen LogP contribution in [0.1, 0.15) is 25.3 Å². The molecule has 1 N–H and O–H groups in total. The van der Waals surface area contributed by atoms with Gasteiger partial charge in [-0.25, -0.2) is 0 Å². The standard InChI is InChI=1S/C13H19NO2/c1-3-6-13(15)14-12-8-5-4-7-11(12)9-10-16-2/h4-5,7-8H,3,6,9-10H2,1-2H3,(H,14,15). The normalized spacial score (nSPS) is 10.1. The Morgan fingerprint density at radius 3 is 2.81 bits per heavy atom. The van der Waals surface area contributed by atoms with Crippen LogP contribution < -0.4 is 5.32 Å². The molecule has 0 aromatic heterocycles. The first-order valence-electron chi connectivity index (χ1n) is 5.64. The fourth-order valence-corrected chi connectivity index (χ4v) is 1.51. The average molecular weight is 221 g/mol. The third-order valence-electron chi connectivity index (χ3n) is 2.34. The summed E-state index contributed by atoms with van der Waals surface area (Å²) in [5.74, 6) is 0.0763. The van der Waals surface area contributed by atoms with E-state index in [0.717, 1.165) is 24.1 Å². The monoisotopic (exact) mass is 221 g/mol. The van der Waals surface area contributed by atoms with Crippen molar-refractivity contribution in [2.75, 3.05) is 19.0 Å². The predicted octanol–water partition coefficient (Wildman–Crippen LogP) is 2.61. The number of nitrogens with one attached hydrogen (secondary N) is 1. The van der Waals surface area contributed by atoms with E-state index in [9.17, 15) is 4.79 Å². The largest absolute Gasteiger partial charge is 0.384 e. The quantitative estimate of drug-likeness (QED) is 0.802. The summed E-state index contributed by atoms with van der Waals surface area (Å²) in [7, 11) is 1.68. The molecule has 88 valence electrons. The van der Waals surface area contributed by atoms with Gasteiger partial charge in [0.1, 0.15) is 0 Å². The molecule has 0 saturated heterocycles. The van der Waals surface area contributed by atoms with E-state index in [0.29, 0.717) is 13.0 Å². The van der Waals surface area contributed by atoms with E-state index < -0.39 is 0 Å². The van der Waals surface area contributed by atoms with Crippen LogP contribution in [-0.4, -0.2) is 19.6 Å². The Hall–Kier alpha value is -1.35. The third-order valence-corrected chi connectivity index (χ3v) is 2.34. The fraction of sp³-hybridized carbons (Fsp3) is 0.462. The number of amides is 1. The number of para-hydroxylation sites is 1. The molecule has 16 heavy (non-hydrogen) atoms. The van der Waals surface area contributed by atoms with Crippen molar-refractivity contribution in [3.63, 3.8) is 0 Å². The minimum absolute atomic E-state index is 0.0763. The highest BCUT2D eigenvalue weighted by Gasteiger charge is 2.05. The summed E-state index contributed by atoms with van der Waals surface area (Å²) in [6.45, 7) is 2.66. The molecule has 0 heterocycles. The zero-order valence-electron chi connectivity index (χ0n) is 9.95. The van der Waals surface area contributed by atoms with Gasteiger partial charge in [-0.1, -0.05) is 25.1 Å². The van der Waals surface area contributed by atoms with Gasteiger partial charge in [-0.2, -0.15) is 0 Å². The summed E-state index contributed by atoms with van der Waals surface area (Å²) >= 11 is 0. The van der Waals surface area contributed by atoms with E-state index in [1.807, 2.05) is 31.2 Å². The van der Waals surface area contributed by atoms with Crippen LogP contribution in [0.2, 0.25) is 0 Å². The Labute approximate surface area is 96.8 Å². The minimum Gasteiger partial charge on any atom is -0.384 e. The molecule has 0 fully saturated rings. The van der Waals surface area contributed by atoms with E-state index in [4.69, 9.17) is 4.74 Å². The number of carbonyl (C=O) groups is 1. The van der Waals surface area contributed by atoms with Gasteiger partial charge in [0, 0.05) is 19.2 Å². The topological polar surface area (TPSA) is 38.3 Å². The molecule has 0 unspecified atom stereocenters. The number of benzene rings is 1. The maximum Gasteiger partial charge on any atom is 0.224 e. The molecule has 0 atom stereocenters. The van der Waals surface area contributed by atoms with Crippen molar-refractivity contribution in [1.82, 2.24) is 0 Å². The molecular weight excluding hydrogens is 202 g/mol. The van der Waals surface area contributed by atoms with Crippen molar-refractivity contribution in [3.8, 4) is 0 Å². The minimum atomic E-state index is 0.0763. The van der Waals surface area contributed by atoms with Gasteiger partial charge in [-0.3, -0.25) is 4.79 Å². The highest BCUT2D eigenvalue weighted by atomic mass is 16.5. The van der Waals surface area contributed by atoms with Crippen molar-refractivity contribution in [1.29, 1.82) is 0 Å². The SMILES string of the molecule is CCCC(=O)Nc1ccccc1CCOC. The van der Waals surface area contributed by atoms with E-state index >= 15 is 0 Å². The van der Waals surface area contributed by atoms with E-state index in [1.54, 1.807) is 7.11 Å². The van der Waals surface area contributed by atoms with Crippen LogP contribution in [0.4, 0.5) is 5.69 Å². The Balaban J connectivity index is 2.66. The molecule has 1 amide bonds. The Kier molecular flexibility index (Phi) is 5.57. The van der Waals surface area contributed by atoms with Gasteiger partial charge < -0.3 is 10.1 Å². The molecule has 1 aromatic carbocycles. The molecule has 0 bridgehead atoms. The molecule has 0 spiro atoms. The molecule has 3 nitrogen and oxygen atoms in total. The van der Waals surface area contributed by atoms with Crippen molar-refractivity contribution in [2.24, 2.45) is 0 Å². The number of hydrogen-bond donors (Lipinski definition) is 1. The predicted molar refractivity (Wildman–Crippen MR) is 65.6 cm³/mol. The van der Waals surface area contributed by atoms with Gasteiger partial charge in [-0.15, -0.1) is 0 Å². The number of carbonyl (C=O) groups excluding carboxylic acids is 1. The lowest BCUT2D eigenvalue weighted by molar-refractivity contribution is -0.116. The molecule has 0 aliphatic rings. The van der Waals surface area contributed by atoms with Crippen LogP contribution in [0.15, 0.2) is 24.3 Å². The first kappa shape index (κ1) is 12.7. The maximum absolute atomic E-state index is 11.5. The zero-order chi connectivity index (χ0) is 11.8. The Morgan fingerprint density at radius 2 is 2.12 bits per heavy atom. The molecule has 0 saturated carbocycles. The van der Waals surface area contributed by atoms with Crippen molar-refractivity contribution in [3.05, 3.63) is 29.8 Å². The second kappa shape index (κ2) is 7.01. The highest BCUT2D eigenvalue weighted by molar-refractivity contribution is 5.91. The van der Waals surface area contributed by atoms with E-state index in [2.05, 4.69) is 5.32 Å². The number of ether oxygens (including phenoxy) is 1. The second-order valence-corrected chi connectivity index (χ2v) is 3.70. The van der Waals surface area contributed by atoms with E-state index in [1.165, 1.54) is 0 Å². The second-order valence-electron chi connectivity index (χ2n) is 3.70. The Bertz CT molecular complexity index is 336. The highest BCUT2D eigenvalue weighted by Crippen LogP contribution is 2.16. The molecule has 0 aliphatic carbocycles. The van der Waals surface area contributed by atoms with Gasteiger partial charge in [0.15, 0.2) is 0 Å². The Morgan fingerprint density at radius 1 is 1.38 bits per heavy atom. The van der Waals surface area contributed by atoms with Crippen LogP contribution in [0, 0.1) is 0 Å². The molecule has 1 rings (SSSR count). The first-order valence-corrected chi connectivity index (χ1v) is 5.64. The lowest BCUT2D eigenvalue weighted by Crippen LogP contribution is -2.12. The lowest BCUT2D eigenvalue weighted by Gasteiger charge is -2.10. The molecular formula is C13H19NO2. The number of hydrogen-bond acceptors (Lipinski definition) is 2. The van der Waals surface area contributed by atoms with Crippen LogP contribution in [0.25, 0.3) is 0 Å². The number of methoxy groups -OCH3 is 1. The van der Waals surface area contributed by atoms with Crippen molar-refractivity contribution < 1.29 is 9.53 Å². The van der Waals surface area contributed by atoms with E-state index in [-0.39, 0.29) is 5.91 Å². The average Bonchev–Trinajstić information content (AvgIpc) is 2.28. The smallest absolute Gasteiger partial charge is 0.224 e. The number of rotatable bonds is 6. The zero-order valence-corrected chi connectivity index (χ0v) is 9.95. The number of anilines is 1. The molecule has 0 radical (unpaired) electrons. The lowest BCUT2D eigenvalue weighted by atomic mass is 10.1. The van der Waals surface area contributed by atoms with Crippen molar-refractivity contribution >= 4 is 11.6 Å². The fourth-order valence-electron chi connectivity index (χ4n) is 1.51. The summed E-state index contributed by atoms with van der Waals surface area (Å²) < 4.78 is 5.04. The summed E-state index contributed by atoms with van der Waals surface area (Å²) in [4.78, 5) is 11.5. The maximum atomic E-state index is 11.5. The summed E-state index contributed by atoms with van der Waals surface area (Å²) in [6, 6.07) is 7.84. The van der Waals surface area contributed by atoms with Crippen LogP contribution in [0.3, 0.4) is 0 Å². The first-order chi connectivity index (χ1) is 7.77. The third kappa shape index (κ3) is 4.03. The van der Waals surface area contributed by atoms with Gasteiger partial charge in [0.25, 0.3) is 0 Å². The molecule has 3 heteroatoms. The van der Waals surface area contributed by atoms with Crippen LogP contribution in [0.5, 0.6) is 0 Å². The van der Waals surface area contributed by atoms with Gasteiger partial charge in [0.05, 0.1) is 6.61 Å². The summed E-state index contributed by atoms with van der Waals surface area (Å²) in [5, 5.41) is 2.93. The van der Waals surface area contributed by atoms with Gasteiger partial charge in [0.2, 0.25) is 5.91 Å². The van der Waals surface area contributed by atoms with Gasteiger partial charge in [-0.05, 0) is 24.5 Å². The molecule has 0 aliphatic heterocycles. The van der Waals surface area contributed by atoms with Gasteiger partial charge >= 0.3 is 0 Å². The van der Waals surface area contributed by atoms with Crippen molar-refractivity contribution in [2.45, 2.75) is 26.2 Å². The summed E-state index contributed by atoms with van der Waals surface area (Å²) in [6.07, 6.45) is 2.25. The van der Waals surface area contributed by atoms with Crippen LogP contribution in [-0.2, 0) is 16.0 Å².